The van der Waals surface area contributed by atoms with Gasteiger partial charge < -0.3 is 14.8 Å². The Morgan fingerprint density at radius 2 is 1.57 bits per heavy atom. The van der Waals surface area contributed by atoms with Crippen LogP contribution in [-0.2, 0) is 11.2 Å². The molecule has 0 spiro atoms. The number of carbonyl (C=O) groups excluding carboxylic acids is 1. The molecule has 0 atom stereocenters. The van der Waals surface area contributed by atoms with Crippen LogP contribution in [0.15, 0.2) is 54.6 Å². The summed E-state index contributed by atoms with van der Waals surface area (Å²) in [4.78, 5) is 11.6. The lowest BCUT2D eigenvalue weighted by Gasteiger charge is -2.19. The van der Waals surface area contributed by atoms with Gasteiger partial charge in [-0.2, -0.15) is 0 Å². The van der Waals surface area contributed by atoms with Gasteiger partial charge in [0.25, 0.3) is 0 Å². The first-order valence-electron chi connectivity index (χ1n) is 7.71. The van der Waals surface area contributed by atoms with E-state index in [0.717, 1.165) is 23.5 Å². The summed E-state index contributed by atoms with van der Waals surface area (Å²) in [6, 6.07) is 17.5. The van der Waals surface area contributed by atoms with Crippen molar-refractivity contribution < 1.29 is 14.3 Å². The standard InChI is InChI=1S/C19H23NO3/c1-19(2,3)23-18(21)20-14-13-15-9-11-17(12-10-15)22-16-7-5-4-6-8-16/h4-12H,13-14H2,1-3H3,(H,20,21). The number of nitrogens with one attached hydrogen (secondary N) is 1. The van der Waals surface area contributed by atoms with Gasteiger partial charge in [-0.3, -0.25) is 0 Å². The molecule has 0 heterocycles. The van der Waals surface area contributed by atoms with Crippen molar-refractivity contribution in [1.29, 1.82) is 0 Å². The highest BCUT2D eigenvalue weighted by molar-refractivity contribution is 5.67. The van der Waals surface area contributed by atoms with Crippen molar-refractivity contribution in [3.63, 3.8) is 0 Å². The highest BCUT2D eigenvalue weighted by atomic mass is 16.6. The summed E-state index contributed by atoms with van der Waals surface area (Å²) in [5.74, 6) is 1.60. The minimum absolute atomic E-state index is 0.387. The first-order chi connectivity index (χ1) is 10.9. The molecule has 23 heavy (non-hydrogen) atoms. The summed E-state index contributed by atoms with van der Waals surface area (Å²) in [6.07, 6.45) is 0.353. The summed E-state index contributed by atoms with van der Waals surface area (Å²) in [5.41, 5.74) is 0.655. The van der Waals surface area contributed by atoms with E-state index in [0.29, 0.717) is 6.54 Å². The SMILES string of the molecule is CC(C)(C)OC(=O)NCCc1ccc(Oc2ccccc2)cc1. The van der Waals surface area contributed by atoms with Gasteiger partial charge in [0.05, 0.1) is 0 Å². The second-order valence-corrected chi connectivity index (χ2v) is 6.24. The molecule has 0 saturated heterocycles. The largest absolute Gasteiger partial charge is 0.457 e. The second-order valence-electron chi connectivity index (χ2n) is 6.24. The van der Waals surface area contributed by atoms with Crippen LogP contribution in [-0.4, -0.2) is 18.2 Å². The summed E-state index contributed by atoms with van der Waals surface area (Å²) in [7, 11) is 0. The van der Waals surface area contributed by atoms with E-state index in [4.69, 9.17) is 9.47 Å². The third-order valence-corrected chi connectivity index (χ3v) is 2.98. The molecule has 0 aromatic heterocycles. The van der Waals surface area contributed by atoms with Gasteiger partial charge in [-0.05, 0) is 57.0 Å². The minimum Gasteiger partial charge on any atom is -0.457 e. The van der Waals surface area contributed by atoms with Crippen LogP contribution in [0.3, 0.4) is 0 Å². The number of amides is 1. The molecule has 0 radical (unpaired) electrons. The van der Waals surface area contributed by atoms with Crippen LogP contribution in [0.2, 0.25) is 0 Å². The van der Waals surface area contributed by atoms with Crippen molar-refractivity contribution in [2.45, 2.75) is 32.8 Å². The molecule has 0 saturated carbocycles. The summed E-state index contributed by atoms with van der Waals surface area (Å²) in [6.45, 7) is 6.07. The molecule has 122 valence electrons. The van der Waals surface area contributed by atoms with Crippen molar-refractivity contribution in [3.8, 4) is 11.5 Å². The van der Waals surface area contributed by atoms with E-state index in [9.17, 15) is 4.79 Å². The molecule has 4 nitrogen and oxygen atoms in total. The molecule has 2 aromatic carbocycles. The van der Waals surface area contributed by atoms with Gasteiger partial charge in [-0.15, -0.1) is 0 Å². The van der Waals surface area contributed by atoms with Gasteiger partial charge in [-0.1, -0.05) is 30.3 Å². The molecular formula is C19H23NO3. The average Bonchev–Trinajstić information content (AvgIpc) is 2.48. The molecule has 0 bridgehead atoms. The third kappa shape index (κ3) is 6.43. The van der Waals surface area contributed by atoms with E-state index < -0.39 is 5.60 Å². The quantitative estimate of drug-likeness (QED) is 0.881. The molecule has 1 N–H and O–H groups in total. The average molecular weight is 313 g/mol. The molecule has 4 heteroatoms. The Bertz CT molecular complexity index is 615. The molecule has 2 rings (SSSR count). The lowest BCUT2D eigenvalue weighted by Crippen LogP contribution is -2.33. The molecule has 2 aromatic rings. The molecule has 0 fully saturated rings. The second kappa shape index (κ2) is 7.68. The fourth-order valence-corrected chi connectivity index (χ4v) is 1.97. The van der Waals surface area contributed by atoms with E-state index in [1.165, 1.54) is 0 Å². The summed E-state index contributed by atoms with van der Waals surface area (Å²) >= 11 is 0. The summed E-state index contributed by atoms with van der Waals surface area (Å²) < 4.78 is 10.9. The zero-order valence-electron chi connectivity index (χ0n) is 13.8. The Hall–Kier alpha value is -2.49. The van der Waals surface area contributed by atoms with Gasteiger partial charge in [-0.25, -0.2) is 4.79 Å². The zero-order chi connectivity index (χ0) is 16.7. The minimum atomic E-state index is -0.472. The predicted molar refractivity (Wildman–Crippen MR) is 90.9 cm³/mol. The monoisotopic (exact) mass is 313 g/mol. The van der Waals surface area contributed by atoms with Gasteiger partial charge in [0.15, 0.2) is 0 Å². The Kier molecular flexibility index (Phi) is 5.63. The number of rotatable bonds is 5. The summed E-state index contributed by atoms with van der Waals surface area (Å²) in [5, 5.41) is 2.75. The smallest absolute Gasteiger partial charge is 0.407 e. The van der Waals surface area contributed by atoms with Crippen LogP contribution >= 0.6 is 0 Å². The fourth-order valence-electron chi connectivity index (χ4n) is 1.97. The number of hydrogen-bond donors (Lipinski definition) is 1. The van der Waals surface area contributed by atoms with Crippen LogP contribution in [0.4, 0.5) is 4.79 Å². The molecular weight excluding hydrogens is 290 g/mol. The van der Waals surface area contributed by atoms with Crippen molar-refractivity contribution in [2.24, 2.45) is 0 Å². The number of ether oxygens (including phenoxy) is 2. The highest BCUT2D eigenvalue weighted by Crippen LogP contribution is 2.21. The van der Waals surface area contributed by atoms with Gasteiger partial charge >= 0.3 is 6.09 Å². The number of hydrogen-bond acceptors (Lipinski definition) is 3. The molecule has 1 amide bonds. The molecule has 0 aliphatic heterocycles. The van der Waals surface area contributed by atoms with E-state index in [-0.39, 0.29) is 6.09 Å². The lowest BCUT2D eigenvalue weighted by atomic mass is 10.1. The Labute approximate surface area is 137 Å². The molecule has 0 aliphatic rings. The number of para-hydroxylation sites is 1. The lowest BCUT2D eigenvalue weighted by molar-refractivity contribution is 0.0528. The van der Waals surface area contributed by atoms with Crippen LogP contribution in [0.1, 0.15) is 26.3 Å². The third-order valence-electron chi connectivity index (χ3n) is 2.98. The van der Waals surface area contributed by atoms with Crippen LogP contribution in [0, 0.1) is 0 Å². The van der Waals surface area contributed by atoms with Gasteiger partial charge in [0.2, 0.25) is 0 Å². The normalized spacial score (nSPS) is 10.9. The topological polar surface area (TPSA) is 47.6 Å². The Balaban J connectivity index is 1.78. The highest BCUT2D eigenvalue weighted by Gasteiger charge is 2.15. The fraction of sp³-hybridized carbons (Fsp3) is 0.316. The maximum absolute atomic E-state index is 11.6. The first-order valence-corrected chi connectivity index (χ1v) is 7.71. The van der Waals surface area contributed by atoms with Gasteiger partial charge in [0.1, 0.15) is 17.1 Å². The van der Waals surface area contributed by atoms with E-state index in [1.54, 1.807) is 0 Å². The van der Waals surface area contributed by atoms with Crippen LogP contribution in [0.25, 0.3) is 0 Å². The Morgan fingerprint density at radius 1 is 0.957 bits per heavy atom. The number of alkyl carbamates (subject to hydrolysis) is 1. The maximum Gasteiger partial charge on any atom is 0.407 e. The van der Waals surface area contributed by atoms with Crippen LogP contribution in [0.5, 0.6) is 11.5 Å². The zero-order valence-corrected chi connectivity index (χ0v) is 13.8. The number of carbonyl (C=O) groups is 1. The van der Waals surface area contributed by atoms with Crippen molar-refractivity contribution in [1.82, 2.24) is 5.32 Å². The van der Waals surface area contributed by atoms with Gasteiger partial charge in [0, 0.05) is 6.54 Å². The first kappa shape index (κ1) is 16.9. The van der Waals surface area contributed by atoms with Crippen molar-refractivity contribution in [2.75, 3.05) is 6.54 Å². The predicted octanol–water partition coefficient (Wildman–Crippen LogP) is 4.55. The molecule has 0 unspecified atom stereocenters. The van der Waals surface area contributed by atoms with Crippen LogP contribution < -0.4 is 10.1 Å². The van der Waals surface area contributed by atoms with E-state index >= 15 is 0 Å². The van der Waals surface area contributed by atoms with Crippen molar-refractivity contribution in [3.05, 3.63) is 60.2 Å². The number of benzene rings is 2. The molecule has 0 aliphatic carbocycles. The van der Waals surface area contributed by atoms with E-state index in [1.807, 2.05) is 75.4 Å². The Morgan fingerprint density at radius 3 is 2.17 bits per heavy atom. The van der Waals surface area contributed by atoms with Crippen molar-refractivity contribution >= 4 is 6.09 Å². The maximum atomic E-state index is 11.6. The van der Waals surface area contributed by atoms with E-state index in [2.05, 4.69) is 5.32 Å².